The highest BCUT2D eigenvalue weighted by Gasteiger charge is 2.17. The lowest BCUT2D eigenvalue weighted by Gasteiger charge is -2.12. The van der Waals surface area contributed by atoms with Gasteiger partial charge in [-0.3, -0.25) is 4.79 Å². The summed E-state index contributed by atoms with van der Waals surface area (Å²) in [6.07, 6.45) is 2.00. The lowest BCUT2D eigenvalue weighted by Crippen LogP contribution is -2.27. The van der Waals surface area contributed by atoms with Crippen LogP contribution in [0.15, 0.2) is 24.3 Å². The summed E-state index contributed by atoms with van der Waals surface area (Å²) in [6.45, 7) is -0.410. The molecule has 0 aliphatic carbocycles. The Balaban J connectivity index is 1.87. The van der Waals surface area contributed by atoms with Gasteiger partial charge in [0, 0.05) is 6.54 Å². The van der Waals surface area contributed by atoms with Crippen molar-refractivity contribution in [2.45, 2.75) is 19.5 Å². The van der Waals surface area contributed by atoms with Crippen molar-refractivity contribution >= 4 is 5.91 Å². The van der Waals surface area contributed by atoms with Gasteiger partial charge in [-0.05, 0) is 44.0 Å². The zero-order valence-electron chi connectivity index (χ0n) is 11.1. The van der Waals surface area contributed by atoms with Crippen molar-refractivity contribution in [3.63, 3.8) is 0 Å². The maximum atomic E-state index is 12.3. The van der Waals surface area contributed by atoms with Gasteiger partial charge >= 0.3 is 6.61 Å². The minimum Gasteiger partial charge on any atom is -0.434 e. The molecule has 20 heavy (non-hydrogen) atoms. The lowest BCUT2D eigenvalue weighted by atomic mass is 10.1. The van der Waals surface area contributed by atoms with Crippen molar-refractivity contribution in [2.24, 2.45) is 5.92 Å². The van der Waals surface area contributed by atoms with Crippen LogP contribution in [0.5, 0.6) is 5.75 Å². The molecule has 0 radical (unpaired) electrons. The van der Waals surface area contributed by atoms with E-state index in [1.165, 1.54) is 12.1 Å². The number of amides is 1. The quantitative estimate of drug-likeness (QED) is 0.840. The molecular weight excluding hydrogens is 266 g/mol. The molecule has 0 spiro atoms. The van der Waals surface area contributed by atoms with Gasteiger partial charge in [-0.15, -0.1) is 0 Å². The van der Waals surface area contributed by atoms with E-state index in [1.807, 2.05) is 0 Å². The molecular formula is C14H18F2N2O2. The zero-order chi connectivity index (χ0) is 14.4. The van der Waals surface area contributed by atoms with Crippen molar-refractivity contribution in [1.82, 2.24) is 10.6 Å². The molecule has 110 valence electrons. The minimum absolute atomic E-state index is 0.0949. The van der Waals surface area contributed by atoms with E-state index in [1.54, 1.807) is 12.1 Å². The number of benzene rings is 1. The molecule has 1 aromatic rings. The number of halogens is 2. The van der Waals surface area contributed by atoms with E-state index >= 15 is 0 Å². The molecule has 0 saturated carbocycles. The summed E-state index contributed by atoms with van der Waals surface area (Å²) >= 11 is 0. The third-order valence-corrected chi connectivity index (χ3v) is 3.35. The van der Waals surface area contributed by atoms with Crippen LogP contribution in [0, 0.1) is 5.92 Å². The van der Waals surface area contributed by atoms with Crippen molar-refractivity contribution < 1.29 is 18.3 Å². The fraction of sp³-hybridized carbons (Fsp3) is 0.500. The first-order chi connectivity index (χ1) is 9.66. The van der Waals surface area contributed by atoms with Crippen LogP contribution in [-0.2, 0) is 0 Å². The molecule has 1 aromatic carbocycles. The van der Waals surface area contributed by atoms with Crippen molar-refractivity contribution in [1.29, 1.82) is 0 Å². The second-order valence-electron chi connectivity index (χ2n) is 4.78. The molecule has 1 aliphatic heterocycles. The summed E-state index contributed by atoms with van der Waals surface area (Å²) in [5.74, 6) is 0.0950. The first kappa shape index (κ1) is 14.7. The minimum atomic E-state index is -2.94. The molecule has 1 heterocycles. The second-order valence-corrected chi connectivity index (χ2v) is 4.78. The maximum Gasteiger partial charge on any atom is 0.387 e. The van der Waals surface area contributed by atoms with E-state index < -0.39 is 6.61 Å². The monoisotopic (exact) mass is 284 g/mol. The van der Waals surface area contributed by atoms with E-state index in [2.05, 4.69) is 15.4 Å². The molecule has 2 rings (SSSR count). The molecule has 1 atom stereocenters. The van der Waals surface area contributed by atoms with Crippen LogP contribution in [0.25, 0.3) is 0 Å². The number of hydrogen-bond donors (Lipinski definition) is 2. The fourth-order valence-electron chi connectivity index (χ4n) is 2.30. The topological polar surface area (TPSA) is 50.4 Å². The second kappa shape index (κ2) is 7.19. The smallest absolute Gasteiger partial charge is 0.387 e. The Bertz CT molecular complexity index is 449. The molecule has 1 fully saturated rings. The van der Waals surface area contributed by atoms with Crippen LogP contribution in [0.2, 0.25) is 0 Å². The average Bonchev–Trinajstić information content (AvgIpc) is 2.91. The van der Waals surface area contributed by atoms with Gasteiger partial charge in [0.25, 0.3) is 5.91 Å². The van der Waals surface area contributed by atoms with Crippen molar-refractivity contribution in [3.05, 3.63) is 29.8 Å². The number of rotatable bonds is 6. The van der Waals surface area contributed by atoms with Crippen LogP contribution in [0.1, 0.15) is 23.2 Å². The van der Waals surface area contributed by atoms with Crippen LogP contribution in [-0.4, -0.2) is 32.2 Å². The number of carbonyl (C=O) groups is 1. The predicted octanol–water partition coefficient (Wildman–Crippen LogP) is 2.02. The Morgan fingerprint density at radius 3 is 2.95 bits per heavy atom. The Kier molecular flexibility index (Phi) is 5.29. The summed E-state index contributed by atoms with van der Waals surface area (Å²) < 4.78 is 28.9. The summed E-state index contributed by atoms with van der Waals surface area (Å²) in [5, 5.41) is 6.00. The average molecular weight is 284 g/mol. The van der Waals surface area contributed by atoms with Gasteiger partial charge in [0.2, 0.25) is 0 Å². The molecule has 1 saturated heterocycles. The van der Waals surface area contributed by atoms with Crippen LogP contribution < -0.4 is 15.4 Å². The molecule has 1 aliphatic rings. The van der Waals surface area contributed by atoms with Crippen molar-refractivity contribution in [3.8, 4) is 5.75 Å². The maximum absolute atomic E-state index is 12.3. The molecule has 2 N–H and O–H groups in total. The summed E-state index contributed by atoms with van der Waals surface area (Å²) in [4.78, 5) is 12.0. The largest absolute Gasteiger partial charge is 0.434 e. The molecule has 4 nitrogen and oxygen atoms in total. The lowest BCUT2D eigenvalue weighted by molar-refractivity contribution is -0.0501. The SMILES string of the molecule is O=C(NCCC1CCNC1)c1ccccc1OC(F)F. The van der Waals surface area contributed by atoms with Gasteiger partial charge in [-0.25, -0.2) is 0 Å². The van der Waals surface area contributed by atoms with Crippen LogP contribution in [0.3, 0.4) is 0 Å². The first-order valence-corrected chi connectivity index (χ1v) is 6.69. The fourth-order valence-corrected chi connectivity index (χ4v) is 2.30. The number of ether oxygens (including phenoxy) is 1. The zero-order valence-corrected chi connectivity index (χ0v) is 11.1. The van der Waals surface area contributed by atoms with Gasteiger partial charge in [-0.1, -0.05) is 12.1 Å². The van der Waals surface area contributed by atoms with Gasteiger partial charge in [0.1, 0.15) is 5.75 Å². The highest BCUT2D eigenvalue weighted by molar-refractivity contribution is 5.96. The standard InChI is InChI=1S/C14H18F2N2O2/c15-14(16)20-12-4-2-1-3-11(12)13(19)18-8-6-10-5-7-17-9-10/h1-4,10,14,17H,5-9H2,(H,18,19). The molecule has 0 aromatic heterocycles. The van der Waals surface area contributed by atoms with E-state index in [0.717, 1.165) is 25.9 Å². The Morgan fingerprint density at radius 1 is 1.45 bits per heavy atom. The molecule has 6 heteroatoms. The van der Waals surface area contributed by atoms with Gasteiger partial charge in [0.15, 0.2) is 0 Å². The Hall–Kier alpha value is -1.69. The first-order valence-electron chi connectivity index (χ1n) is 6.69. The molecule has 0 bridgehead atoms. The van der Waals surface area contributed by atoms with Crippen LogP contribution in [0.4, 0.5) is 8.78 Å². The third kappa shape index (κ3) is 4.16. The van der Waals surface area contributed by atoms with Gasteiger partial charge in [0.05, 0.1) is 5.56 Å². The van der Waals surface area contributed by atoms with E-state index in [9.17, 15) is 13.6 Å². The number of alkyl halides is 2. The normalized spacial score (nSPS) is 18.2. The third-order valence-electron chi connectivity index (χ3n) is 3.35. The summed E-state index contributed by atoms with van der Waals surface area (Å²) in [7, 11) is 0. The highest BCUT2D eigenvalue weighted by atomic mass is 19.3. The number of para-hydroxylation sites is 1. The van der Waals surface area contributed by atoms with E-state index in [0.29, 0.717) is 12.5 Å². The van der Waals surface area contributed by atoms with Crippen molar-refractivity contribution in [2.75, 3.05) is 19.6 Å². The van der Waals surface area contributed by atoms with E-state index in [4.69, 9.17) is 0 Å². The number of hydrogen-bond acceptors (Lipinski definition) is 3. The Morgan fingerprint density at radius 2 is 2.25 bits per heavy atom. The Labute approximate surface area is 116 Å². The van der Waals surface area contributed by atoms with Crippen LogP contribution >= 0.6 is 0 Å². The summed E-state index contributed by atoms with van der Waals surface area (Å²) in [5.41, 5.74) is 0.136. The van der Waals surface area contributed by atoms with Gasteiger partial charge < -0.3 is 15.4 Å². The highest BCUT2D eigenvalue weighted by Crippen LogP contribution is 2.20. The number of carbonyl (C=O) groups excluding carboxylic acids is 1. The molecule has 1 amide bonds. The van der Waals surface area contributed by atoms with Gasteiger partial charge in [-0.2, -0.15) is 8.78 Å². The predicted molar refractivity (Wildman–Crippen MR) is 71.0 cm³/mol. The molecule has 1 unspecified atom stereocenters. The summed E-state index contributed by atoms with van der Waals surface area (Å²) in [6, 6.07) is 6.01. The number of nitrogens with one attached hydrogen (secondary N) is 2. The van der Waals surface area contributed by atoms with E-state index in [-0.39, 0.29) is 17.2 Å².